The van der Waals surface area contributed by atoms with E-state index < -0.39 is 0 Å². The molecule has 0 saturated heterocycles. The molecule has 1 saturated carbocycles. The molecule has 1 aliphatic carbocycles. The van der Waals surface area contributed by atoms with Gasteiger partial charge in [0.15, 0.2) is 0 Å². The van der Waals surface area contributed by atoms with Gasteiger partial charge in [-0.05, 0) is 37.8 Å². The molecule has 1 fully saturated rings. The first-order chi connectivity index (χ1) is 11.5. The van der Waals surface area contributed by atoms with Crippen LogP contribution in [0.25, 0.3) is 11.3 Å². The van der Waals surface area contributed by atoms with E-state index in [-0.39, 0.29) is 18.1 Å². The highest BCUT2D eigenvalue weighted by Crippen LogP contribution is 2.23. The van der Waals surface area contributed by atoms with E-state index in [1.165, 1.54) is 0 Å². The first-order valence-electron chi connectivity index (χ1n) is 8.29. The van der Waals surface area contributed by atoms with Gasteiger partial charge in [0.2, 0.25) is 0 Å². The van der Waals surface area contributed by atoms with E-state index in [1.807, 2.05) is 44.6 Å². The van der Waals surface area contributed by atoms with Gasteiger partial charge in [0.1, 0.15) is 5.69 Å². The molecule has 3 N–H and O–H groups in total. The third kappa shape index (κ3) is 3.73. The van der Waals surface area contributed by atoms with Crippen LogP contribution in [-0.2, 0) is 7.05 Å². The number of anilines is 1. The fourth-order valence-electron chi connectivity index (χ4n) is 3.10. The molecule has 0 bridgehead atoms. The number of rotatable bonds is 3. The first-order valence-corrected chi connectivity index (χ1v) is 8.29. The molecule has 0 unspecified atom stereocenters. The summed E-state index contributed by atoms with van der Waals surface area (Å²) in [6.07, 6.45) is 5.72. The number of aromatic nitrogens is 3. The number of aryl methyl sites for hydroxylation is 1. The topological polar surface area (TPSA) is 89.1 Å². The van der Waals surface area contributed by atoms with Crippen molar-refractivity contribution in [1.29, 1.82) is 0 Å². The van der Waals surface area contributed by atoms with Gasteiger partial charge in [-0.1, -0.05) is 17.3 Å². The predicted octanol–water partition coefficient (Wildman–Crippen LogP) is 2.22. The van der Waals surface area contributed by atoms with Crippen LogP contribution in [0, 0.1) is 0 Å². The number of hydrogen-bond acceptors (Lipinski definition) is 4. The largest absolute Gasteiger partial charge is 0.328 e. The van der Waals surface area contributed by atoms with Gasteiger partial charge in [-0.3, -0.25) is 4.68 Å². The van der Waals surface area contributed by atoms with Crippen LogP contribution in [-0.4, -0.2) is 45.1 Å². The molecule has 3 rings (SSSR count). The second-order valence-electron chi connectivity index (χ2n) is 6.47. The SMILES string of the molecule is CN(C(=O)Nc1cccc(-c2cn(C)nn2)c1)C1CCC(N)CC1. The highest BCUT2D eigenvalue weighted by Gasteiger charge is 2.25. The summed E-state index contributed by atoms with van der Waals surface area (Å²) >= 11 is 0. The second-order valence-corrected chi connectivity index (χ2v) is 6.47. The Labute approximate surface area is 141 Å². The summed E-state index contributed by atoms with van der Waals surface area (Å²) < 4.78 is 1.65. The van der Waals surface area contributed by atoms with E-state index >= 15 is 0 Å². The summed E-state index contributed by atoms with van der Waals surface area (Å²) in [5, 5.41) is 11.0. The summed E-state index contributed by atoms with van der Waals surface area (Å²) in [7, 11) is 3.68. The summed E-state index contributed by atoms with van der Waals surface area (Å²) in [6, 6.07) is 8.08. The van der Waals surface area contributed by atoms with Crippen molar-refractivity contribution in [3.05, 3.63) is 30.5 Å². The minimum Gasteiger partial charge on any atom is -0.328 e. The van der Waals surface area contributed by atoms with Gasteiger partial charge in [-0.25, -0.2) is 4.79 Å². The number of carbonyl (C=O) groups is 1. The van der Waals surface area contributed by atoms with Crippen molar-refractivity contribution in [2.45, 2.75) is 37.8 Å². The predicted molar refractivity (Wildman–Crippen MR) is 93.5 cm³/mol. The van der Waals surface area contributed by atoms with Gasteiger partial charge in [0.25, 0.3) is 0 Å². The van der Waals surface area contributed by atoms with E-state index in [0.717, 1.165) is 42.6 Å². The van der Waals surface area contributed by atoms with Crippen LogP contribution in [0.3, 0.4) is 0 Å². The monoisotopic (exact) mass is 328 g/mol. The molecule has 7 nitrogen and oxygen atoms in total. The Hall–Kier alpha value is -2.41. The maximum atomic E-state index is 12.5. The molecule has 7 heteroatoms. The van der Waals surface area contributed by atoms with Gasteiger partial charge in [0.05, 0.1) is 6.20 Å². The number of nitrogens with two attached hydrogens (primary N) is 1. The van der Waals surface area contributed by atoms with Crippen molar-refractivity contribution in [2.24, 2.45) is 12.8 Å². The standard InChI is InChI=1S/C17H24N6O/c1-22-11-16(20-21-22)12-4-3-5-14(10-12)19-17(24)23(2)15-8-6-13(18)7-9-15/h3-5,10-11,13,15H,6-9,18H2,1-2H3,(H,19,24). The van der Waals surface area contributed by atoms with E-state index in [1.54, 1.807) is 9.58 Å². The quantitative estimate of drug-likeness (QED) is 0.904. The highest BCUT2D eigenvalue weighted by atomic mass is 16.2. The third-order valence-electron chi connectivity index (χ3n) is 4.62. The second kappa shape index (κ2) is 7.00. The number of carbonyl (C=O) groups excluding carboxylic acids is 1. The highest BCUT2D eigenvalue weighted by molar-refractivity contribution is 5.90. The Morgan fingerprint density at radius 1 is 1.33 bits per heavy atom. The van der Waals surface area contributed by atoms with Crippen molar-refractivity contribution in [3.63, 3.8) is 0 Å². The fraction of sp³-hybridized carbons (Fsp3) is 0.471. The zero-order valence-electron chi connectivity index (χ0n) is 14.1. The van der Waals surface area contributed by atoms with Crippen molar-refractivity contribution < 1.29 is 4.79 Å². The Morgan fingerprint density at radius 2 is 2.08 bits per heavy atom. The van der Waals surface area contributed by atoms with Crippen LogP contribution in [0.5, 0.6) is 0 Å². The third-order valence-corrected chi connectivity index (χ3v) is 4.62. The molecule has 1 aromatic carbocycles. The minimum atomic E-state index is -0.0910. The maximum absolute atomic E-state index is 12.5. The van der Waals surface area contributed by atoms with Crippen molar-refractivity contribution >= 4 is 11.7 Å². The number of amides is 2. The minimum absolute atomic E-state index is 0.0910. The van der Waals surface area contributed by atoms with Crippen LogP contribution in [0.2, 0.25) is 0 Å². The molecule has 2 aromatic rings. The van der Waals surface area contributed by atoms with Crippen LogP contribution in [0.4, 0.5) is 10.5 Å². The summed E-state index contributed by atoms with van der Waals surface area (Å²) in [6.45, 7) is 0. The number of hydrogen-bond donors (Lipinski definition) is 2. The van der Waals surface area contributed by atoms with E-state index in [2.05, 4.69) is 15.6 Å². The molecule has 0 spiro atoms. The maximum Gasteiger partial charge on any atom is 0.321 e. The molecule has 2 amide bonds. The van der Waals surface area contributed by atoms with Crippen LogP contribution in [0.1, 0.15) is 25.7 Å². The van der Waals surface area contributed by atoms with Crippen LogP contribution in [0.15, 0.2) is 30.5 Å². The van der Waals surface area contributed by atoms with Crippen molar-refractivity contribution in [1.82, 2.24) is 19.9 Å². The first kappa shape index (κ1) is 16.4. The average molecular weight is 328 g/mol. The smallest absolute Gasteiger partial charge is 0.321 e. The van der Waals surface area contributed by atoms with Gasteiger partial charge in [-0.15, -0.1) is 5.10 Å². The zero-order chi connectivity index (χ0) is 17.1. The van der Waals surface area contributed by atoms with Gasteiger partial charge in [0, 0.05) is 37.4 Å². The Balaban J connectivity index is 1.66. The molecule has 0 atom stereocenters. The molecule has 0 radical (unpaired) electrons. The van der Waals surface area contributed by atoms with E-state index in [0.29, 0.717) is 0 Å². The van der Waals surface area contributed by atoms with E-state index in [9.17, 15) is 4.79 Å². The van der Waals surface area contributed by atoms with Gasteiger partial charge >= 0.3 is 6.03 Å². The molecule has 128 valence electrons. The number of nitrogens with one attached hydrogen (secondary N) is 1. The average Bonchev–Trinajstić information content (AvgIpc) is 3.02. The zero-order valence-corrected chi connectivity index (χ0v) is 14.1. The normalized spacial score (nSPS) is 20.6. The Morgan fingerprint density at radius 3 is 2.75 bits per heavy atom. The molecule has 0 aliphatic heterocycles. The van der Waals surface area contributed by atoms with E-state index in [4.69, 9.17) is 5.73 Å². The van der Waals surface area contributed by atoms with Gasteiger partial charge in [-0.2, -0.15) is 0 Å². The number of urea groups is 1. The lowest BCUT2D eigenvalue weighted by Gasteiger charge is -2.33. The summed E-state index contributed by atoms with van der Waals surface area (Å²) in [5.74, 6) is 0. The summed E-state index contributed by atoms with van der Waals surface area (Å²) in [5.41, 5.74) is 8.40. The van der Waals surface area contributed by atoms with Gasteiger partial charge < -0.3 is 16.0 Å². The summed E-state index contributed by atoms with van der Waals surface area (Å²) in [4.78, 5) is 14.3. The lowest BCUT2D eigenvalue weighted by molar-refractivity contribution is 0.182. The Kier molecular flexibility index (Phi) is 4.80. The Bertz CT molecular complexity index is 705. The number of benzene rings is 1. The molecule has 1 aromatic heterocycles. The number of nitrogens with zero attached hydrogens (tertiary/aromatic N) is 4. The molecule has 24 heavy (non-hydrogen) atoms. The molecular weight excluding hydrogens is 304 g/mol. The van der Waals surface area contributed by atoms with Crippen molar-refractivity contribution in [3.8, 4) is 11.3 Å². The van der Waals surface area contributed by atoms with Crippen LogP contribution < -0.4 is 11.1 Å². The van der Waals surface area contributed by atoms with Crippen molar-refractivity contribution in [2.75, 3.05) is 12.4 Å². The fourth-order valence-corrected chi connectivity index (χ4v) is 3.10. The molecule has 1 heterocycles. The van der Waals surface area contributed by atoms with Crippen LogP contribution >= 0.6 is 0 Å². The molecule has 1 aliphatic rings. The molecular formula is C17H24N6O. The lowest BCUT2D eigenvalue weighted by Crippen LogP contribution is -2.43. The lowest BCUT2D eigenvalue weighted by atomic mass is 9.91.